The number of nitrogen functional groups attached to an aromatic ring is 1. The molecule has 1 aromatic heterocycles. The van der Waals surface area contributed by atoms with E-state index in [9.17, 15) is 4.39 Å². The zero-order valence-electron chi connectivity index (χ0n) is 12.6. The summed E-state index contributed by atoms with van der Waals surface area (Å²) in [5.41, 5.74) is 5.81. The Morgan fingerprint density at radius 1 is 1.19 bits per heavy atom. The molecule has 3 N–H and O–H groups in total. The maximum Gasteiger partial charge on any atom is 0.146 e. The number of aromatic nitrogens is 2. The minimum absolute atomic E-state index is 0.251. The third-order valence-corrected chi connectivity index (χ3v) is 2.85. The molecule has 2 rings (SSSR count). The van der Waals surface area contributed by atoms with Gasteiger partial charge >= 0.3 is 0 Å². The number of ether oxygens (including phenoxy) is 1. The van der Waals surface area contributed by atoms with E-state index in [0.717, 1.165) is 0 Å². The summed E-state index contributed by atoms with van der Waals surface area (Å²) >= 11 is 0. The molecule has 1 heterocycles. The maximum absolute atomic E-state index is 13.8. The van der Waals surface area contributed by atoms with Gasteiger partial charge in [0.2, 0.25) is 0 Å². The molecule has 6 heteroatoms. The summed E-state index contributed by atoms with van der Waals surface area (Å²) in [5.74, 6) is 1.52. The summed E-state index contributed by atoms with van der Waals surface area (Å²) in [6.45, 7) is 5.95. The van der Waals surface area contributed by atoms with Crippen molar-refractivity contribution in [2.75, 3.05) is 18.2 Å². The number of nitrogens with two attached hydrogens (primary N) is 1. The average molecular weight is 290 g/mol. The van der Waals surface area contributed by atoms with Crippen molar-refractivity contribution in [3.05, 3.63) is 35.9 Å². The van der Waals surface area contributed by atoms with Crippen LogP contribution >= 0.6 is 0 Å². The molecule has 21 heavy (non-hydrogen) atoms. The number of benzene rings is 1. The van der Waals surface area contributed by atoms with Crippen LogP contribution in [0.15, 0.2) is 24.3 Å². The van der Waals surface area contributed by atoms with Crippen LogP contribution in [0.25, 0.3) is 0 Å². The number of hydrogen-bond donors (Lipinski definition) is 2. The molecular formula is C15H19FN4O. The van der Waals surface area contributed by atoms with E-state index < -0.39 is 5.82 Å². The summed E-state index contributed by atoms with van der Waals surface area (Å²) in [6.07, 6.45) is 0. The lowest BCUT2D eigenvalue weighted by Gasteiger charge is -2.18. The molecule has 0 aliphatic rings. The monoisotopic (exact) mass is 290 g/mol. The fourth-order valence-electron chi connectivity index (χ4n) is 1.73. The standard InChI is InChI=1S/C15H19FN4O/c1-15(2,3)14-19-12(17)8-13(20-14)18-11-7-9(21-4)5-6-10(11)16/h5-8H,1-4H3,(H3,17,18,19,20). The van der Waals surface area contributed by atoms with Crippen LogP contribution in [-0.2, 0) is 5.41 Å². The van der Waals surface area contributed by atoms with E-state index in [4.69, 9.17) is 10.5 Å². The lowest BCUT2D eigenvalue weighted by Crippen LogP contribution is -2.17. The van der Waals surface area contributed by atoms with Gasteiger partial charge in [0, 0.05) is 17.5 Å². The Balaban J connectivity index is 2.38. The zero-order chi connectivity index (χ0) is 15.6. The second-order valence-electron chi connectivity index (χ2n) is 5.72. The van der Waals surface area contributed by atoms with Gasteiger partial charge in [-0.15, -0.1) is 0 Å². The normalized spacial score (nSPS) is 11.3. The molecule has 0 radical (unpaired) electrons. The Labute approximate surface area is 123 Å². The number of methoxy groups -OCH3 is 1. The first-order valence-corrected chi connectivity index (χ1v) is 6.55. The molecule has 0 saturated heterocycles. The molecule has 2 aromatic rings. The van der Waals surface area contributed by atoms with E-state index in [2.05, 4.69) is 15.3 Å². The van der Waals surface area contributed by atoms with Gasteiger partial charge in [-0.1, -0.05) is 20.8 Å². The number of anilines is 3. The van der Waals surface area contributed by atoms with Crippen LogP contribution in [-0.4, -0.2) is 17.1 Å². The highest BCUT2D eigenvalue weighted by atomic mass is 19.1. The lowest BCUT2D eigenvalue weighted by atomic mass is 9.96. The van der Waals surface area contributed by atoms with Crippen molar-refractivity contribution in [3.8, 4) is 5.75 Å². The number of hydrogen-bond acceptors (Lipinski definition) is 5. The molecule has 0 fully saturated rings. The quantitative estimate of drug-likeness (QED) is 0.907. The van der Waals surface area contributed by atoms with Crippen molar-refractivity contribution < 1.29 is 9.13 Å². The molecule has 0 unspecified atom stereocenters. The number of halogens is 1. The van der Waals surface area contributed by atoms with Crippen molar-refractivity contribution in [2.24, 2.45) is 0 Å². The summed E-state index contributed by atoms with van der Waals surface area (Å²) in [5, 5.41) is 2.91. The van der Waals surface area contributed by atoms with Crippen LogP contribution < -0.4 is 15.8 Å². The number of nitrogens with one attached hydrogen (secondary N) is 1. The SMILES string of the molecule is COc1ccc(F)c(Nc2cc(N)nc(C(C)(C)C)n2)c1. The van der Waals surface area contributed by atoms with E-state index in [1.54, 1.807) is 18.2 Å². The van der Waals surface area contributed by atoms with Crippen molar-refractivity contribution in [1.29, 1.82) is 0 Å². The Hall–Kier alpha value is -2.37. The smallest absolute Gasteiger partial charge is 0.146 e. The summed E-state index contributed by atoms with van der Waals surface area (Å²) < 4.78 is 18.9. The second-order valence-corrected chi connectivity index (χ2v) is 5.72. The number of rotatable bonds is 3. The lowest BCUT2D eigenvalue weighted by molar-refractivity contribution is 0.414. The van der Waals surface area contributed by atoms with Crippen LogP contribution in [0.1, 0.15) is 26.6 Å². The molecule has 0 spiro atoms. The first-order valence-electron chi connectivity index (χ1n) is 6.55. The fourth-order valence-corrected chi connectivity index (χ4v) is 1.73. The zero-order valence-corrected chi connectivity index (χ0v) is 12.6. The molecule has 0 aliphatic heterocycles. The van der Waals surface area contributed by atoms with Crippen LogP contribution in [0.5, 0.6) is 5.75 Å². The van der Waals surface area contributed by atoms with Gasteiger partial charge in [-0.25, -0.2) is 14.4 Å². The van der Waals surface area contributed by atoms with E-state index in [-0.39, 0.29) is 11.1 Å². The van der Waals surface area contributed by atoms with E-state index in [1.807, 2.05) is 20.8 Å². The topological polar surface area (TPSA) is 73.1 Å². The minimum Gasteiger partial charge on any atom is -0.497 e. The minimum atomic E-state index is -0.398. The van der Waals surface area contributed by atoms with Crippen LogP contribution in [0.2, 0.25) is 0 Å². The molecule has 0 aliphatic carbocycles. The molecule has 5 nitrogen and oxygen atoms in total. The van der Waals surface area contributed by atoms with E-state index in [0.29, 0.717) is 23.2 Å². The van der Waals surface area contributed by atoms with Gasteiger partial charge in [0.25, 0.3) is 0 Å². The van der Waals surface area contributed by atoms with Gasteiger partial charge in [-0.05, 0) is 12.1 Å². The largest absolute Gasteiger partial charge is 0.497 e. The highest BCUT2D eigenvalue weighted by molar-refractivity contribution is 5.61. The number of nitrogens with zero attached hydrogens (tertiary/aromatic N) is 2. The first-order chi connectivity index (χ1) is 9.79. The fraction of sp³-hybridized carbons (Fsp3) is 0.333. The summed E-state index contributed by atoms with van der Waals surface area (Å²) in [6, 6.07) is 6.00. The molecule has 112 valence electrons. The first kappa shape index (κ1) is 15.0. The van der Waals surface area contributed by atoms with Gasteiger partial charge < -0.3 is 15.8 Å². The molecular weight excluding hydrogens is 271 g/mol. The van der Waals surface area contributed by atoms with Crippen LogP contribution in [0, 0.1) is 5.82 Å². The van der Waals surface area contributed by atoms with Gasteiger partial charge in [-0.2, -0.15) is 0 Å². The van der Waals surface area contributed by atoms with Crippen LogP contribution in [0.3, 0.4) is 0 Å². The van der Waals surface area contributed by atoms with Crippen molar-refractivity contribution >= 4 is 17.3 Å². The van der Waals surface area contributed by atoms with Crippen molar-refractivity contribution in [2.45, 2.75) is 26.2 Å². The Kier molecular flexibility index (Phi) is 3.97. The third-order valence-electron chi connectivity index (χ3n) is 2.85. The van der Waals surface area contributed by atoms with Gasteiger partial charge in [-0.3, -0.25) is 0 Å². The second kappa shape index (κ2) is 5.55. The molecule has 0 saturated carbocycles. The maximum atomic E-state index is 13.8. The summed E-state index contributed by atoms with van der Waals surface area (Å²) in [7, 11) is 1.53. The summed E-state index contributed by atoms with van der Waals surface area (Å²) in [4.78, 5) is 8.60. The van der Waals surface area contributed by atoms with Gasteiger partial charge in [0.1, 0.15) is 29.0 Å². The van der Waals surface area contributed by atoms with Gasteiger partial charge in [0.05, 0.1) is 12.8 Å². The molecule has 0 amide bonds. The predicted molar refractivity (Wildman–Crippen MR) is 81.4 cm³/mol. The van der Waals surface area contributed by atoms with Crippen molar-refractivity contribution in [3.63, 3.8) is 0 Å². The highest BCUT2D eigenvalue weighted by Crippen LogP contribution is 2.26. The highest BCUT2D eigenvalue weighted by Gasteiger charge is 2.19. The van der Waals surface area contributed by atoms with Crippen molar-refractivity contribution in [1.82, 2.24) is 9.97 Å². The molecule has 0 atom stereocenters. The Morgan fingerprint density at radius 3 is 2.52 bits per heavy atom. The van der Waals surface area contributed by atoms with E-state index >= 15 is 0 Å². The Bertz CT molecular complexity index is 653. The Morgan fingerprint density at radius 2 is 1.90 bits per heavy atom. The van der Waals surface area contributed by atoms with Gasteiger partial charge in [0.15, 0.2) is 0 Å². The van der Waals surface area contributed by atoms with E-state index in [1.165, 1.54) is 13.2 Å². The predicted octanol–water partition coefficient (Wildman–Crippen LogP) is 3.25. The molecule has 0 bridgehead atoms. The third kappa shape index (κ3) is 3.59. The molecule has 1 aromatic carbocycles. The van der Waals surface area contributed by atoms with Crippen LogP contribution in [0.4, 0.5) is 21.7 Å². The average Bonchev–Trinajstić information content (AvgIpc) is 2.39.